The maximum absolute atomic E-state index is 11.7. The average Bonchev–Trinajstić information content (AvgIpc) is 2.83. The molecule has 0 unspecified atom stereocenters. The van der Waals surface area contributed by atoms with Gasteiger partial charge in [-0.2, -0.15) is 0 Å². The highest BCUT2D eigenvalue weighted by molar-refractivity contribution is 5.96. The fourth-order valence-corrected chi connectivity index (χ4v) is 2.81. The second kappa shape index (κ2) is 7.57. The summed E-state index contributed by atoms with van der Waals surface area (Å²) in [6.07, 6.45) is -0.249. The van der Waals surface area contributed by atoms with Crippen LogP contribution in [0.4, 0.5) is 0 Å². The number of esters is 1. The van der Waals surface area contributed by atoms with Crippen LogP contribution >= 0.6 is 0 Å². The molecule has 0 saturated heterocycles. The van der Waals surface area contributed by atoms with E-state index >= 15 is 0 Å². The lowest BCUT2D eigenvalue weighted by Crippen LogP contribution is -2.33. The Morgan fingerprint density at radius 1 is 1.25 bits per heavy atom. The molecule has 1 aromatic heterocycles. The number of aromatic nitrogens is 2. The molecule has 0 aliphatic carbocycles. The summed E-state index contributed by atoms with van der Waals surface area (Å²) in [6, 6.07) is 7.91. The van der Waals surface area contributed by atoms with Gasteiger partial charge in [-0.3, -0.25) is 9.59 Å². The van der Waals surface area contributed by atoms with Crippen molar-refractivity contribution in [2.24, 2.45) is 0 Å². The third-order valence-corrected chi connectivity index (χ3v) is 3.70. The molecule has 2 aromatic rings. The van der Waals surface area contributed by atoms with E-state index in [9.17, 15) is 9.59 Å². The third-order valence-electron chi connectivity index (χ3n) is 3.70. The first-order valence-electron chi connectivity index (χ1n) is 8.05. The summed E-state index contributed by atoms with van der Waals surface area (Å²) >= 11 is 0. The number of ketones is 1. The Kier molecular flexibility index (Phi) is 5.72. The smallest absolute Gasteiger partial charge is 0.313 e. The van der Waals surface area contributed by atoms with Gasteiger partial charge in [0.05, 0.1) is 29.8 Å². The van der Waals surface area contributed by atoms with Crippen LogP contribution in [0.1, 0.15) is 33.0 Å². The lowest BCUT2D eigenvalue weighted by atomic mass is 10.1. The number of carbonyl (C=O) groups is 2. The number of ether oxygens (including phenoxy) is 2. The molecule has 6 heteroatoms. The van der Waals surface area contributed by atoms with Gasteiger partial charge < -0.3 is 14.0 Å². The summed E-state index contributed by atoms with van der Waals surface area (Å²) in [5.74, 6) is 0.0981. The number of aryl methyl sites for hydroxylation is 1. The SMILES string of the molecule is CCOC(=O)CC(=O)COCC(C)(C)n1c(C)nc2ccccc21. The van der Waals surface area contributed by atoms with Gasteiger partial charge in [-0.1, -0.05) is 12.1 Å². The quantitative estimate of drug-likeness (QED) is 0.549. The molecule has 0 aliphatic rings. The minimum Gasteiger partial charge on any atom is -0.466 e. The number of fused-ring (bicyclic) bond motifs is 1. The molecule has 0 fully saturated rings. The van der Waals surface area contributed by atoms with Crippen molar-refractivity contribution in [2.45, 2.75) is 39.7 Å². The molecule has 6 nitrogen and oxygen atoms in total. The van der Waals surface area contributed by atoms with Gasteiger partial charge in [-0.15, -0.1) is 0 Å². The Labute approximate surface area is 141 Å². The van der Waals surface area contributed by atoms with E-state index in [1.54, 1.807) is 6.92 Å². The van der Waals surface area contributed by atoms with E-state index in [0.717, 1.165) is 16.9 Å². The van der Waals surface area contributed by atoms with E-state index in [0.29, 0.717) is 6.61 Å². The number of para-hydroxylation sites is 2. The first-order valence-corrected chi connectivity index (χ1v) is 8.05. The number of nitrogens with zero attached hydrogens (tertiary/aromatic N) is 2. The predicted octanol–water partition coefficient (Wildman–Crippen LogP) is 2.62. The van der Waals surface area contributed by atoms with Crippen molar-refractivity contribution in [3.8, 4) is 0 Å². The normalized spacial score (nSPS) is 11.7. The molecule has 0 N–H and O–H groups in total. The average molecular weight is 332 g/mol. The number of rotatable bonds is 8. The van der Waals surface area contributed by atoms with Crippen molar-refractivity contribution >= 4 is 22.8 Å². The van der Waals surface area contributed by atoms with Crippen molar-refractivity contribution in [1.82, 2.24) is 9.55 Å². The number of hydrogen-bond donors (Lipinski definition) is 0. The summed E-state index contributed by atoms with van der Waals surface area (Å²) in [4.78, 5) is 27.6. The second-order valence-electron chi connectivity index (χ2n) is 6.31. The standard InChI is InChI=1S/C18H24N2O4/c1-5-24-17(22)10-14(21)11-23-12-18(3,4)20-13(2)19-15-8-6-7-9-16(15)20/h6-9H,5,10-12H2,1-4H3. The van der Waals surface area contributed by atoms with E-state index in [2.05, 4.69) is 9.55 Å². The van der Waals surface area contributed by atoms with Crippen LogP contribution in [0.15, 0.2) is 24.3 Å². The summed E-state index contributed by atoms with van der Waals surface area (Å²) in [7, 11) is 0. The molecule has 0 amide bonds. The second-order valence-corrected chi connectivity index (χ2v) is 6.31. The maximum atomic E-state index is 11.7. The van der Waals surface area contributed by atoms with Gasteiger partial charge in [-0.25, -0.2) is 4.98 Å². The first-order chi connectivity index (χ1) is 11.3. The summed E-state index contributed by atoms with van der Waals surface area (Å²) < 4.78 is 12.4. The molecular formula is C18H24N2O4. The molecule has 0 bridgehead atoms. The zero-order valence-electron chi connectivity index (χ0n) is 14.7. The van der Waals surface area contributed by atoms with Gasteiger partial charge in [0.15, 0.2) is 5.78 Å². The molecule has 1 aromatic carbocycles. The number of imidazole rings is 1. The minimum atomic E-state index is -0.512. The Hall–Kier alpha value is -2.21. The van der Waals surface area contributed by atoms with Crippen LogP contribution in [0.3, 0.4) is 0 Å². The Balaban J connectivity index is 1.99. The van der Waals surface area contributed by atoms with Crippen LogP contribution in [0.25, 0.3) is 11.0 Å². The highest BCUT2D eigenvalue weighted by atomic mass is 16.5. The van der Waals surface area contributed by atoms with Gasteiger partial charge in [0, 0.05) is 0 Å². The number of benzene rings is 1. The molecular weight excluding hydrogens is 308 g/mol. The van der Waals surface area contributed by atoms with Crippen LogP contribution in [-0.4, -0.2) is 41.1 Å². The molecule has 0 radical (unpaired) electrons. The van der Waals surface area contributed by atoms with Gasteiger partial charge in [0.2, 0.25) is 0 Å². The fourth-order valence-electron chi connectivity index (χ4n) is 2.81. The lowest BCUT2D eigenvalue weighted by molar-refractivity contribution is -0.146. The van der Waals surface area contributed by atoms with Crippen LogP contribution in [0, 0.1) is 6.92 Å². The number of carbonyl (C=O) groups excluding carboxylic acids is 2. The summed E-state index contributed by atoms with van der Waals surface area (Å²) in [5.41, 5.74) is 1.59. The summed E-state index contributed by atoms with van der Waals surface area (Å²) in [6.45, 7) is 8.23. The number of Topliss-reactive ketones (excluding diaryl/α,β-unsaturated/α-hetero) is 1. The van der Waals surface area contributed by atoms with Gasteiger partial charge in [0.25, 0.3) is 0 Å². The zero-order chi connectivity index (χ0) is 17.7. The monoisotopic (exact) mass is 332 g/mol. The van der Waals surface area contributed by atoms with Crippen LogP contribution in [-0.2, 0) is 24.6 Å². The van der Waals surface area contributed by atoms with E-state index in [-0.39, 0.29) is 31.0 Å². The fraction of sp³-hybridized carbons (Fsp3) is 0.500. The van der Waals surface area contributed by atoms with Crippen LogP contribution in [0.5, 0.6) is 0 Å². The van der Waals surface area contributed by atoms with Gasteiger partial charge >= 0.3 is 5.97 Å². The molecule has 1 heterocycles. The zero-order valence-corrected chi connectivity index (χ0v) is 14.7. The highest BCUT2D eigenvalue weighted by Crippen LogP contribution is 2.25. The lowest BCUT2D eigenvalue weighted by Gasteiger charge is -2.28. The van der Waals surface area contributed by atoms with Crippen LogP contribution in [0.2, 0.25) is 0 Å². The highest BCUT2D eigenvalue weighted by Gasteiger charge is 2.25. The van der Waals surface area contributed by atoms with Crippen molar-refractivity contribution < 1.29 is 19.1 Å². The predicted molar refractivity (Wildman–Crippen MR) is 90.9 cm³/mol. The molecule has 0 aliphatic heterocycles. The number of hydrogen-bond acceptors (Lipinski definition) is 5. The Bertz CT molecular complexity index is 734. The van der Waals surface area contributed by atoms with Gasteiger partial charge in [0.1, 0.15) is 18.9 Å². The van der Waals surface area contributed by atoms with Crippen LogP contribution < -0.4 is 0 Å². The van der Waals surface area contributed by atoms with Crippen molar-refractivity contribution in [1.29, 1.82) is 0 Å². The van der Waals surface area contributed by atoms with Gasteiger partial charge in [-0.05, 0) is 39.8 Å². The van der Waals surface area contributed by atoms with E-state index in [1.165, 1.54) is 0 Å². The first kappa shape index (κ1) is 18.1. The third kappa shape index (κ3) is 4.20. The topological polar surface area (TPSA) is 70.4 Å². The molecule has 0 saturated carbocycles. The Morgan fingerprint density at radius 3 is 2.67 bits per heavy atom. The minimum absolute atomic E-state index is 0.103. The molecule has 0 spiro atoms. The van der Waals surface area contributed by atoms with E-state index in [1.807, 2.05) is 45.0 Å². The molecule has 24 heavy (non-hydrogen) atoms. The largest absolute Gasteiger partial charge is 0.466 e. The molecule has 0 atom stereocenters. The maximum Gasteiger partial charge on any atom is 0.313 e. The summed E-state index contributed by atoms with van der Waals surface area (Å²) in [5, 5.41) is 0. The Morgan fingerprint density at radius 2 is 1.96 bits per heavy atom. The van der Waals surface area contributed by atoms with Crippen molar-refractivity contribution in [3.63, 3.8) is 0 Å². The van der Waals surface area contributed by atoms with E-state index in [4.69, 9.17) is 9.47 Å². The van der Waals surface area contributed by atoms with E-state index < -0.39 is 5.97 Å². The van der Waals surface area contributed by atoms with Crippen molar-refractivity contribution in [3.05, 3.63) is 30.1 Å². The molecule has 2 rings (SSSR count). The van der Waals surface area contributed by atoms with Crippen molar-refractivity contribution in [2.75, 3.05) is 19.8 Å². The molecule has 130 valence electrons.